The van der Waals surface area contributed by atoms with Gasteiger partial charge in [0.05, 0.1) is 6.54 Å². The Morgan fingerprint density at radius 1 is 1.40 bits per heavy atom. The lowest BCUT2D eigenvalue weighted by molar-refractivity contribution is 0.0660. The molecule has 1 unspecified atom stereocenters. The molecule has 0 bridgehead atoms. The first-order valence-electron chi connectivity index (χ1n) is 6.34. The Morgan fingerprint density at radius 2 is 2.20 bits per heavy atom. The van der Waals surface area contributed by atoms with Crippen LogP contribution in [0.15, 0.2) is 40.8 Å². The van der Waals surface area contributed by atoms with Gasteiger partial charge in [0.2, 0.25) is 5.76 Å². The van der Waals surface area contributed by atoms with Crippen LogP contribution >= 0.6 is 11.6 Å². The van der Waals surface area contributed by atoms with Crippen LogP contribution in [-0.4, -0.2) is 17.1 Å². The van der Waals surface area contributed by atoms with Gasteiger partial charge in [-0.15, -0.1) is 0 Å². The number of carboxylic acid groups (broad SMARTS) is 1. The first-order valence-corrected chi connectivity index (χ1v) is 6.72. The highest BCUT2D eigenvalue weighted by Gasteiger charge is 2.10. The van der Waals surface area contributed by atoms with E-state index in [-0.39, 0.29) is 11.8 Å². The van der Waals surface area contributed by atoms with Gasteiger partial charge in [-0.25, -0.2) is 4.79 Å². The van der Waals surface area contributed by atoms with Crippen LogP contribution in [0.3, 0.4) is 0 Å². The van der Waals surface area contributed by atoms with Crippen LogP contribution in [0.25, 0.3) is 0 Å². The van der Waals surface area contributed by atoms with Crippen LogP contribution in [0, 0.1) is 0 Å². The molecule has 0 aliphatic heterocycles. The van der Waals surface area contributed by atoms with Gasteiger partial charge >= 0.3 is 5.97 Å². The van der Waals surface area contributed by atoms with E-state index in [1.165, 1.54) is 6.07 Å². The third-order valence-electron chi connectivity index (χ3n) is 2.93. The van der Waals surface area contributed by atoms with Crippen LogP contribution in [0.1, 0.15) is 28.8 Å². The van der Waals surface area contributed by atoms with Gasteiger partial charge in [0.25, 0.3) is 0 Å². The molecule has 0 aliphatic rings. The number of hydrogen-bond donors (Lipinski definition) is 2. The summed E-state index contributed by atoms with van der Waals surface area (Å²) in [5, 5.41) is 12.8. The van der Waals surface area contributed by atoms with Crippen LogP contribution in [-0.2, 0) is 13.0 Å². The van der Waals surface area contributed by atoms with Crippen LogP contribution in [0.5, 0.6) is 0 Å². The van der Waals surface area contributed by atoms with E-state index in [9.17, 15) is 4.79 Å². The molecule has 0 saturated heterocycles. The van der Waals surface area contributed by atoms with Gasteiger partial charge in [-0.3, -0.25) is 0 Å². The van der Waals surface area contributed by atoms with Crippen molar-refractivity contribution >= 4 is 17.6 Å². The van der Waals surface area contributed by atoms with Gasteiger partial charge < -0.3 is 14.8 Å². The second-order valence-corrected chi connectivity index (χ2v) is 5.12. The van der Waals surface area contributed by atoms with E-state index in [1.807, 2.05) is 24.3 Å². The number of carboxylic acids is 1. The molecule has 1 aromatic heterocycles. The zero-order valence-electron chi connectivity index (χ0n) is 11.1. The minimum Gasteiger partial charge on any atom is -0.475 e. The summed E-state index contributed by atoms with van der Waals surface area (Å²) in [6.45, 7) is 2.55. The zero-order chi connectivity index (χ0) is 14.5. The van der Waals surface area contributed by atoms with Crippen LogP contribution < -0.4 is 5.32 Å². The van der Waals surface area contributed by atoms with Crippen molar-refractivity contribution in [2.75, 3.05) is 0 Å². The summed E-state index contributed by atoms with van der Waals surface area (Å²) in [7, 11) is 0. The highest BCUT2D eigenvalue weighted by molar-refractivity contribution is 6.30. The Morgan fingerprint density at radius 3 is 2.85 bits per heavy atom. The molecular formula is C15H16ClNO3. The molecule has 1 atom stereocenters. The van der Waals surface area contributed by atoms with E-state index >= 15 is 0 Å². The second kappa shape index (κ2) is 6.59. The number of nitrogens with one attached hydrogen (secondary N) is 1. The van der Waals surface area contributed by atoms with Gasteiger partial charge in [-0.05, 0) is 43.2 Å². The average Bonchev–Trinajstić information content (AvgIpc) is 2.85. The van der Waals surface area contributed by atoms with E-state index in [0.717, 1.165) is 17.0 Å². The lowest BCUT2D eigenvalue weighted by Gasteiger charge is -2.13. The van der Waals surface area contributed by atoms with Crippen LogP contribution in [0.2, 0.25) is 5.02 Å². The standard InChI is InChI=1S/C15H16ClNO3/c1-10(7-11-3-2-4-12(16)8-11)17-9-13-5-6-14(20-13)15(18)19/h2-6,8,10,17H,7,9H2,1H3,(H,18,19). The first kappa shape index (κ1) is 14.6. The molecule has 2 N–H and O–H groups in total. The van der Waals surface area contributed by atoms with Crippen molar-refractivity contribution in [3.63, 3.8) is 0 Å². The number of aromatic carboxylic acids is 1. The first-order chi connectivity index (χ1) is 9.54. The fourth-order valence-corrected chi connectivity index (χ4v) is 2.17. The zero-order valence-corrected chi connectivity index (χ0v) is 11.9. The predicted octanol–water partition coefficient (Wildman–Crippen LogP) is 3.35. The lowest BCUT2D eigenvalue weighted by Crippen LogP contribution is -2.27. The quantitative estimate of drug-likeness (QED) is 0.857. The summed E-state index contributed by atoms with van der Waals surface area (Å²) in [5.74, 6) is -0.479. The van der Waals surface area contributed by atoms with Crippen molar-refractivity contribution in [1.29, 1.82) is 0 Å². The van der Waals surface area contributed by atoms with E-state index < -0.39 is 5.97 Å². The Labute approximate surface area is 122 Å². The second-order valence-electron chi connectivity index (χ2n) is 4.69. The molecule has 0 spiro atoms. The maximum absolute atomic E-state index is 10.7. The number of carbonyl (C=O) groups is 1. The Kier molecular flexibility index (Phi) is 4.82. The molecule has 1 aromatic carbocycles. The molecule has 0 fully saturated rings. The summed E-state index contributed by atoms with van der Waals surface area (Å²) in [4.78, 5) is 10.7. The molecule has 0 aliphatic carbocycles. The third kappa shape index (κ3) is 4.11. The maximum Gasteiger partial charge on any atom is 0.371 e. The Balaban J connectivity index is 1.85. The smallest absolute Gasteiger partial charge is 0.371 e. The number of hydrogen-bond acceptors (Lipinski definition) is 3. The molecule has 106 valence electrons. The van der Waals surface area contributed by atoms with Crippen molar-refractivity contribution in [1.82, 2.24) is 5.32 Å². The topological polar surface area (TPSA) is 62.5 Å². The van der Waals surface area contributed by atoms with E-state index in [4.69, 9.17) is 21.1 Å². The van der Waals surface area contributed by atoms with Crippen molar-refractivity contribution in [2.45, 2.75) is 25.9 Å². The molecule has 0 saturated carbocycles. The summed E-state index contributed by atoms with van der Waals surface area (Å²) in [6, 6.07) is 11.1. The highest BCUT2D eigenvalue weighted by atomic mass is 35.5. The van der Waals surface area contributed by atoms with Crippen molar-refractivity contribution in [3.05, 3.63) is 58.5 Å². The van der Waals surface area contributed by atoms with Gasteiger partial charge in [-0.1, -0.05) is 23.7 Å². The Bertz CT molecular complexity index is 594. The SMILES string of the molecule is CC(Cc1cccc(Cl)c1)NCc1ccc(C(=O)O)o1. The van der Waals surface area contributed by atoms with E-state index in [0.29, 0.717) is 12.3 Å². The van der Waals surface area contributed by atoms with E-state index in [1.54, 1.807) is 6.07 Å². The fraction of sp³-hybridized carbons (Fsp3) is 0.267. The third-order valence-corrected chi connectivity index (χ3v) is 3.16. The monoisotopic (exact) mass is 293 g/mol. The number of halogens is 1. The highest BCUT2D eigenvalue weighted by Crippen LogP contribution is 2.13. The molecule has 0 amide bonds. The molecule has 0 radical (unpaired) electrons. The molecule has 2 aromatic rings. The predicted molar refractivity (Wildman–Crippen MR) is 77.1 cm³/mol. The summed E-state index contributed by atoms with van der Waals surface area (Å²) in [5.41, 5.74) is 1.16. The minimum absolute atomic E-state index is 0.0377. The average molecular weight is 294 g/mol. The molecule has 4 nitrogen and oxygen atoms in total. The van der Waals surface area contributed by atoms with Gasteiger partial charge in [0.1, 0.15) is 5.76 Å². The van der Waals surface area contributed by atoms with Crippen molar-refractivity contribution < 1.29 is 14.3 Å². The molecule has 1 heterocycles. The summed E-state index contributed by atoms with van der Waals surface area (Å²) in [6.07, 6.45) is 0.840. The largest absolute Gasteiger partial charge is 0.475 e. The molecule has 5 heteroatoms. The van der Waals surface area contributed by atoms with E-state index in [2.05, 4.69) is 12.2 Å². The minimum atomic E-state index is -1.05. The van der Waals surface area contributed by atoms with Crippen molar-refractivity contribution in [3.8, 4) is 0 Å². The van der Waals surface area contributed by atoms with Gasteiger partial charge in [0, 0.05) is 11.1 Å². The molecular weight excluding hydrogens is 278 g/mol. The number of rotatable bonds is 6. The molecule has 20 heavy (non-hydrogen) atoms. The molecule has 2 rings (SSSR count). The lowest BCUT2D eigenvalue weighted by atomic mass is 10.1. The Hall–Kier alpha value is -1.78. The summed E-state index contributed by atoms with van der Waals surface area (Å²) >= 11 is 5.94. The number of benzene rings is 1. The van der Waals surface area contributed by atoms with Gasteiger partial charge in [-0.2, -0.15) is 0 Å². The van der Waals surface area contributed by atoms with Gasteiger partial charge in [0.15, 0.2) is 0 Å². The van der Waals surface area contributed by atoms with Crippen molar-refractivity contribution in [2.24, 2.45) is 0 Å². The van der Waals surface area contributed by atoms with Crippen LogP contribution in [0.4, 0.5) is 0 Å². The maximum atomic E-state index is 10.7. The normalized spacial score (nSPS) is 12.3. The summed E-state index contributed by atoms with van der Waals surface area (Å²) < 4.78 is 5.18. The fourth-order valence-electron chi connectivity index (χ4n) is 1.95. The number of furan rings is 1.